The van der Waals surface area contributed by atoms with E-state index in [1.54, 1.807) is 0 Å². The minimum atomic E-state index is -0.00781. The molecule has 1 aliphatic rings. The molecule has 0 spiro atoms. The average molecular weight is 457 g/mol. The lowest BCUT2D eigenvalue weighted by Gasteiger charge is -2.32. The fourth-order valence-corrected chi connectivity index (χ4v) is 4.98. The maximum absolute atomic E-state index is 13.6. The topological polar surface area (TPSA) is 41.6 Å². The molecule has 0 aromatic heterocycles. The smallest absolute Gasteiger partial charge is 0.322 e. The molecule has 0 unspecified atom stereocenters. The predicted molar refractivity (Wildman–Crippen MR) is 140 cm³/mol. The second-order valence-electron chi connectivity index (χ2n) is 9.54. The van der Waals surface area contributed by atoms with Crippen molar-refractivity contribution in [2.24, 2.45) is 0 Å². The number of hydrogen-bond donors (Lipinski definition) is 1. The van der Waals surface area contributed by atoms with Crippen LogP contribution in [-0.2, 0) is 6.54 Å². The SMILES string of the molecule is Cc1cc(C)c(NC(=O)N(Cc2ccc(Oc3ccccc3)cc2)C2CCCCCC2)c(C)c1. The molecule has 2 amide bonds. The third-order valence-corrected chi connectivity index (χ3v) is 6.69. The van der Waals surface area contributed by atoms with Gasteiger partial charge in [-0.3, -0.25) is 0 Å². The van der Waals surface area contributed by atoms with Gasteiger partial charge in [-0.25, -0.2) is 4.79 Å². The van der Waals surface area contributed by atoms with E-state index in [0.717, 1.165) is 46.7 Å². The Morgan fingerprint density at radius 2 is 1.44 bits per heavy atom. The van der Waals surface area contributed by atoms with Crippen molar-refractivity contribution in [1.29, 1.82) is 0 Å². The van der Waals surface area contributed by atoms with Gasteiger partial charge < -0.3 is 15.0 Å². The highest BCUT2D eigenvalue weighted by Crippen LogP contribution is 2.28. The molecule has 1 N–H and O–H groups in total. The van der Waals surface area contributed by atoms with Crippen LogP contribution in [-0.4, -0.2) is 17.0 Å². The lowest BCUT2D eigenvalue weighted by atomic mass is 10.0. The van der Waals surface area contributed by atoms with Gasteiger partial charge in [-0.1, -0.05) is 73.7 Å². The van der Waals surface area contributed by atoms with Crippen molar-refractivity contribution in [3.63, 3.8) is 0 Å². The van der Waals surface area contributed by atoms with E-state index >= 15 is 0 Å². The Balaban J connectivity index is 1.52. The fourth-order valence-electron chi connectivity index (χ4n) is 4.98. The highest BCUT2D eigenvalue weighted by atomic mass is 16.5. The average Bonchev–Trinajstić information content (AvgIpc) is 3.11. The summed E-state index contributed by atoms with van der Waals surface area (Å²) in [5.41, 5.74) is 5.47. The van der Waals surface area contributed by atoms with Gasteiger partial charge in [-0.05, 0) is 74.6 Å². The van der Waals surface area contributed by atoms with E-state index in [-0.39, 0.29) is 12.1 Å². The first kappa shape index (κ1) is 23.9. The number of para-hydroxylation sites is 1. The van der Waals surface area contributed by atoms with E-state index in [2.05, 4.69) is 55.3 Å². The normalized spacial score (nSPS) is 14.3. The summed E-state index contributed by atoms with van der Waals surface area (Å²) in [7, 11) is 0. The predicted octanol–water partition coefficient (Wildman–Crippen LogP) is 8.16. The summed E-state index contributed by atoms with van der Waals surface area (Å²) in [5, 5.41) is 3.25. The summed E-state index contributed by atoms with van der Waals surface area (Å²) in [5.74, 6) is 1.62. The molecule has 0 atom stereocenters. The standard InChI is InChI=1S/C30H36N2O2/c1-22-19-23(2)29(24(3)20-22)31-30(33)32(26-11-7-4-5-8-12-26)21-25-15-17-28(18-16-25)34-27-13-9-6-10-14-27/h6,9-10,13-20,26H,4-5,7-8,11-12,21H2,1-3H3,(H,31,33). The van der Waals surface area contributed by atoms with Gasteiger partial charge in [0.15, 0.2) is 0 Å². The Bertz CT molecular complexity index is 1060. The minimum Gasteiger partial charge on any atom is -0.457 e. The van der Waals surface area contributed by atoms with Gasteiger partial charge in [0.05, 0.1) is 0 Å². The zero-order valence-corrected chi connectivity index (χ0v) is 20.6. The number of carbonyl (C=O) groups excluding carboxylic acids is 1. The molecule has 0 heterocycles. The van der Waals surface area contributed by atoms with E-state index in [4.69, 9.17) is 4.74 Å². The summed E-state index contributed by atoms with van der Waals surface area (Å²) in [6.45, 7) is 6.81. The van der Waals surface area contributed by atoms with Crippen LogP contribution in [0.15, 0.2) is 66.7 Å². The molecule has 4 nitrogen and oxygen atoms in total. The molecule has 3 aromatic carbocycles. The van der Waals surface area contributed by atoms with Crippen LogP contribution in [0.4, 0.5) is 10.5 Å². The molecule has 0 bridgehead atoms. The third-order valence-electron chi connectivity index (χ3n) is 6.69. The first-order valence-corrected chi connectivity index (χ1v) is 12.5. The minimum absolute atomic E-state index is 0.00781. The molecule has 4 rings (SSSR count). The van der Waals surface area contributed by atoms with Crippen LogP contribution < -0.4 is 10.1 Å². The summed E-state index contributed by atoms with van der Waals surface area (Å²) in [4.78, 5) is 15.7. The number of anilines is 1. The van der Waals surface area contributed by atoms with E-state index in [9.17, 15) is 4.79 Å². The van der Waals surface area contributed by atoms with Gasteiger partial charge in [0.25, 0.3) is 0 Å². The Kier molecular flexibility index (Phi) is 7.89. The van der Waals surface area contributed by atoms with E-state index in [1.807, 2.05) is 42.5 Å². The first-order chi connectivity index (χ1) is 16.5. The van der Waals surface area contributed by atoms with E-state index in [0.29, 0.717) is 6.54 Å². The lowest BCUT2D eigenvalue weighted by Crippen LogP contribution is -2.42. The van der Waals surface area contributed by atoms with Crippen LogP contribution in [0.3, 0.4) is 0 Å². The van der Waals surface area contributed by atoms with Crippen LogP contribution in [0.5, 0.6) is 11.5 Å². The number of carbonyl (C=O) groups is 1. The van der Waals surface area contributed by atoms with Gasteiger partial charge in [0.1, 0.15) is 11.5 Å². The molecular weight excluding hydrogens is 420 g/mol. The Hall–Kier alpha value is -3.27. The van der Waals surface area contributed by atoms with Crippen molar-refractivity contribution < 1.29 is 9.53 Å². The van der Waals surface area contributed by atoms with Gasteiger partial charge >= 0.3 is 6.03 Å². The third kappa shape index (κ3) is 6.19. The summed E-state index contributed by atoms with van der Waals surface area (Å²) in [6, 6.07) is 22.4. The van der Waals surface area contributed by atoms with Crippen molar-refractivity contribution in [1.82, 2.24) is 4.90 Å². The second kappa shape index (κ2) is 11.2. The molecule has 4 heteroatoms. The highest BCUT2D eigenvalue weighted by Gasteiger charge is 2.25. The van der Waals surface area contributed by atoms with E-state index < -0.39 is 0 Å². The zero-order valence-electron chi connectivity index (χ0n) is 20.6. The number of aryl methyl sites for hydroxylation is 3. The van der Waals surface area contributed by atoms with E-state index in [1.165, 1.54) is 31.2 Å². The van der Waals surface area contributed by atoms with Crippen LogP contribution in [0, 0.1) is 20.8 Å². The highest BCUT2D eigenvalue weighted by molar-refractivity contribution is 5.91. The summed E-state index contributed by atoms with van der Waals surface area (Å²) >= 11 is 0. The molecular formula is C30H36N2O2. The Morgan fingerprint density at radius 3 is 2.06 bits per heavy atom. The molecule has 1 saturated carbocycles. The second-order valence-corrected chi connectivity index (χ2v) is 9.54. The van der Waals surface area contributed by atoms with Crippen LogP contribution in [0.2, 0.25) is 0 Å². The maximum Gasteiger partial charge on any atom is 0.322 e. The number of nitrogens with one attached hydrogen (secondary N) is 1. The van der Waals surface area contributed by atoms with Crippen LogP contribution in [0.25, 0.3) is 0 Å². The van der Waals surface area contributed by atoms with Gasteiger partial charge in [-0.2, -0.15) is 0 Å². The summed E-state index contributed by atoms with van der Waals surface area (Å²) in [6.07, 6.45) is 7.01. The molecule has 0 saturated heterocycles. The molecule has 0 radical (unpaired) electrons. The zero-order chi connectivity index (χ0) is 23.9. The molecule has 34 heavy (non-hydrogen) atoms. The van der Waals surface area contributed by atoms with Crippen LogP contribution >= 0.6 is 0 Å². The Morgan fingerprint density at radius 1 is 0.853 bits per heavy atom. The number of nitrogens with zero attached hydrogens (tertiary/aromatic N) is 1. The van der Waals surface area contributed by atoms with Crippen molar-refractivity contribution in [3.8, 4) is 11.5 Å². The van der Waals surface area contributed by atoms with Crippen molar-refractivity contribution in [2.45, 2.75) is 71.9 Å². The van der Waals surface area contributed by atoms with Crippen molar-refractivity contribution in [3.05, 3.63) is 89.0 Å². The van der Waals surface area contributed by atoms with Gasteiger partial charge in [-0.15, -0.1) is 0 Å². The number of amides is 2. The monoisotopic (exact) mass is 456 g/mol. The fraction of sp³-hybridized carbons (Fsp3) is 0.367. The number of benzene rings is 3. The van der Waals surface area contributed by atoms with Crippen LogP contribution in [0.1, 0.15) is 60.8 Å². The Labute approximate surface area is 204 Å². The number of hydrogen-bond acceptors (Lipinski definition) is 2. The first-order valence-electron chi connectivity index (χ1n) is 12.5. The number of urea groups is 1. The summed E-state index contributed by atoms with van der Waals surface area (Å²) < 4.78 is 5.94. The molecule has 1 fully saturated rings. The number of rotatable bonds is 6. The van der Waals surface area contributed by atoms with Gasteiger partial charge in [0.2, 0.25) is 0 Å². The number of ether oxygens (including phenoxy) is 1. The lowest BCUT2D eigenvalue weighted by molar-refractivity contribution is 0.175. The van der Waals surface area contributed by atoms with Crippen molar-refractivity contribution in [2.75, 3.05) is 5.32 Å². The van der Waals surface area contributed by atoms with Gasteiger partial charge in [0, 0.05) is 18.3 Å². The molecule has 0 aliphatic heterocycles. The largest absolute Gasteiger partial charge is 0.457 e. The molecule has 1 aliphatic carbocycles. The van der Waals surface area contributed by atoms with Crippen molar-refractivity contribution >= 4 is 11.7 Å². The molecule has 3 aromatic rings. The quantitative estimate of drug-likeness (QED) is 0.380. The molecule has 178 valence electrons. The maximum atomic E-state index is 13.6.